The topological polar surface area (TPSA) is 51.8 Å². The molecular formula is C8H6ClN3OS. The smallest absolute Gasteiger partial charge is 0.276 e. The summed E-state index contributed by atoms with van der Waals surface area (Å²) in [4.78, 5) is 3.92. The molecule has 0 bridgehead atoms. The van der Waals surface area contributed by atoms with Gasteiger partial charge in [0, 0.05) is 6.20 Å². The predicted molar refractivity (Wildman–Crippen MR) is 54.3 cm³/mol. The van der Waals surface area contributed by atoms with Crippen LogP contribution in [0.15, 0.2) is 28.0 Å². The van der Waals surface area contributed by atoms with Gasteiger partial charge in [0.25, 0.3) is 5.22 Å². The van der Waals surface area contributed by atoms with Gasteiger partial charge < -0.3 is 4.42 Å². The molecule has 2 heterocycles. The molecule has 2 aromatic heterocycles. The van der Waals surface area contributed by atoms with Crippen LogP contribution in [0.3, 0.4) is 0 Å². The van der Waals surface area contributed by atoms with Gasteiger partial charge in [0.15, 0.2) is 0 Å². The van der Waals surface area contributed by atoms with Crippen LogP contribution in [0.2, 0.25) is 5.15 Å². The fraction of sp³-hybridized carbons (Fsp3) is 0.125. The molecule has 0 aliphatic carbocycles. The molecule has 0 N–H and O–H groups in total. The number of pyridine rings is 1. The van der Waals surface area contributed by atoms with Gasteiger partial charge in [-0.05, 0) is 18.4 Å². The number of thioether (sulfide) groups is 1. The van der Waals surface area contributed by atoms with Crippen molar-refractivity contribution >= 4 is 23.4 Å². The Bertz CT molecular complexity index is 428. The van der Waals surface area contributed by atoms with Gasteiger partial charge in [-0.15, -0.1) is 10.2 Å². The minimum absolute atomic E-state index is 0.443. The molecule has 6 heteroatoms. The minimum atomic E-state index is 0.443. The maximum atomic E-state index is 5.65. The summed E-state index contributed by atoms with van der Waals surface area (Å²) in [6.07, 6.45) is 3.47. The van der Waals surface area contributed by atoms with Crippen LogP contribution in [-0.2, 0) is 0 Å². The van der Waals surface area contributed by atoms with E-state index in [0.29, 0.717) is 16.3 Å². The quantitative estimate of drug-likeness (QED) is 0.583. The predicted octanol–water partition coefficient (Wildman–Crippen LogP) is 2.51. The van der Waals surface area contributed by atoms with Crippen molar-refractivity contribution in [2.24, 2.45) is 0 Å². The van der Waals surface area contributed by atoms with Crippen molar-refractivity contribution < 1.29 is 4.42 Å². The van der Waals surface area contributed by atoms with Gasteiger partial charge in [0.05, 0.1) is 5.56 Å². The van der Waals surface area contributed by atoms with E-state index in [1.165, 1.54) is 11.8 Å². The van der Waals surface area contributed by atoms with Crippen molar-refractivity contribution in [3.05, 3.63) is 23.5 Å². The average molecular weight is 228 g/mol. The molecule has 0 aliphatic heterocycles. The Morgan fingerprint density at radius 2 is 2.21 bits per heavy atom. The normalized spacial score (nSPS) is 10.4. The molecule has 2 rings (SSSR count). The van der Waals surface area contributed by atoms with Crippen LogP contribution in [0.1, 0.15) is 0 Å². The van der Waals surface area contributed by atoms with Crippen LogP contribution >= 0.6 is 23.4 Å². The largest absolute Gasteiger partial charge is 0.411 e. The van der Waals surface area contributed by atoms with Crippen molar-refractivity contribution in [3.8, 4) is 11.5 Å². The van der Waals surface area contributed by atoms with E-state index in [1.807, 2.05) is 6.26 Å². The molecule has 0 saturated heterocycles. The molecule has 0 aromatic carbocycles. The first-order chi connectivity index (χ1) is 6.79. The summed E-state index contributed by atoms with van der Waals surface area (Å²) >= 11 is 7.05. The van der Waals surface area contributed by atoms with Crippen LogP contribution < -0.4 is 0 Å². The SMILES string of the molecule is CSc1nnc(-c2ccc(Cl)nc2)o1. The molecule has 0 amide bonds. The van der Waals surface area contributed by atoms with Gasteiger partial charge in [0.2, 0.25) is 5.89 Å². The maximum Gasteiger partial charge on any atom is 0.276 e. The summed E-state index contributed by atoms with van der Waals surface area (Å²) < 4.78 is 5.32. The van der Waals surface area contributed by atoms with Gasteiger partial charge in [-0.2, -0.15) is 0 Å². The van der Waals surface area contributed by atoms with E-state index < -0.39 is 0 Å². The molecule has 0 fully saturated rings. The lowest BCUT2D eigenvalue weighted by molar-refractivity contribution is 0.466. The Hall–Kier alpha value is -1.07. The monoisotopic (exact) mass is 227 g/mol. The second-order valence-electron chi connectivity index (χ2n) is 2.45. The lowest BCUT2D eigenvalue weighted by Crippen LogP contribution is -1.79. The molecule has 14 heavy (non-hydrogen) atoms. The van der Waals surface area contributed by atoms with E-state index in [9.17, 15) is 0 Å². The van der Waals surface area contributed by atoms with Crippen molar-refractivity contribution in [3.63, 3.8) is 0 Å². The van der Waals surface area contributed by atoms with E-state index in [-0.39, 0.29) is 0 Å². The zero-order valence-corrected chi connectivity index (χ0v) is 8.84. The zero-order valence-electron chi connectivity index (χ0n) is 7.27. The molecule has 0 atom stereocenters. The molecule has 0 saturated carbocycles. The third kappa shape index (κ3) is 1.88. The molecule has 2 aromatic rings. The second-order valence-corrected chi connectivity index (χ2v) is 3.59. The summed E-state index contributed by atoms with van der Waals surface area (Å²) in [5.74, 6) is 0.457. The van der Waals surface area contributed by atoms with E-state index in [0.717, 1.165) is 5.56 Å². The first kappa shape index (κ1) is 9.48. The highest BCUT2D eigenvalue weighted by Crippen LogP contribution is 2.21. The van der Waals surface area contributed by atoms with Crippen molar-refractivity contribution in [2.45, 2.75) is 5.22 Å². The third-order valence-electron chi connectivity index (χ3n) is 1.56. The standard InChI is InChI=1S/C8H6ClN3OS/c1-14-8-12-11-7(13-8)5-2-3-6(9)10-4-5/h2-4H,1H3. The van der Waals surface area contributed by atoms with E-state index >= 15 is 0 Å². The first-order valence-corrected chi connectivity index (χ1v) is 5.39. The van der Waals surface area contributed by atoms with Crippen LogP contribution in [0.5, 0.6) is 0 Å². The molecule has 4 nitrogen and oxygen atoms in total. The Kier molecular flexibility index (Phi) is 2.69. The summed E-state index contributed by atoms with van der Waals surface area (Å²) in [7, 11) is 0. The van der Waals surface area contributed by atoms with Gasteiger partial charge in [0.1, 0.15) is 5.15 Å². The summed E-state index contributed by atoms with van der Waals surface area (Å²) in [6.45, 7) is 0. The minimum Gasteiger partial charge on any atom is -0.411 e. The van der Waals surface area contributed by atoms with E-state index in [1.54, 1.807) is 18.3 Å². The number of rotatable bonds is 2. The molecule has 0 unspecified atom stereocenters. The number of hydrogen-bond donors (Lipinski definition) is 0. The van der Waals surface area contributed by atoms with Crippen molar-refractivity contribution in [1.29, 1.82) is 0 Å². The second kappa shape index (κ2) is 3.98. The Morgan fingerprint density at radius 3 is 2.79 bits per heavy atom. The molecular weight excluding hydrogens is 222 g/mol. The number of hydrogen-bond acceptors (Lipinski definition) is 5. The molecule has 0 aliphatic rings. The molecule has 72 valence electrons. The number of halogens is 1. The van der Waals surface area contributed by atoms with Gasteiger partial charge in [-0.3, -0.25) is 0 Å². The summed E-state index contributed by atoms with van der Waals surface area (Å²) in [5.41, 5.74) is 0.766. The molecule has 0 spiro atoms. The van der Waals surface area contributed by atoms with Crippen molar-refractivity contribution in [1.82, 2.24) is 15.2 Å². The third-order valence-corrected chi connectivity index (χ3v) is 2.29. The average Bonchev–Trinajstić information content (AvgIpc) is 2.67. The Balaban J connectivity index is 2.34. The van der Waals surface area contributed by atoms with Gasteiger partial charge in [-0.1, -0.05) is 23.4 Å². The van der Waals surface area contributed by atoms with E-state index in [4.69, 9.17) is 16.0 Å². The van der Waals surface area contributed by atoms with Crippen LogP contribution in [0.25, 0.3) is 11.5 Å². The Labute approximate surface area is 89.7 Å². The molecule has 0 radical (unpaired) electrons. The number of aromatic nitrogens is 3. The summed E-state index contributed by atoms with van der Waals surface area (Å²) in [6, 6.07) is 3.47. The highest BCUT2D eigenvalue weighted by molar-refractivity contribution is 7.98. The Morgan fingerprint density at radius 1 is 1.36 bits per heavy atom. The number of nitrogens with zero attached hydrogens (tertiary/aromatic N) is 3. The fourth-order valence-corrected chi connectivity index (χ4v) is 1.31. The van der Waals surface area contributed by atoms with Crippen LogP contribution in [0, 0.1) is 0 Å². The first-order valence-electron chi connectivity index (χ1n) is 3.79. The van der Waals surface area contributed by atoms with Crippen molar-refractivity contribution in [2.75, 3.05) is 6.26 Å². The fourth-order valence-electron chi connectivity index (χ4n) is 0.911. The highest BCUT2D eigenvalue weighted by Gasteiger charge is 2.07. The highest BCUT2D eigenvalue weighted by atomic mass is 35.5. The lowest BCUT2D eigenvalue weighted by Gasteiger charge is -1.92. The van der Waals surface area contributed by atoms with Gasteiger partial charge in [-0.25, -0.2) is 4.98 Å². The summed E-state index contributed by atoms with van der Waals surface area (Å²) in [5, 5.41) is 8.67. The van der Waals surface area contributed by atoms with Crippen LogP contribution in [-0.4, -0.2) is 21.4 Å². The lowest BCUT2D eigenvalue weighted by atomic mass is 10.3. The van der Waals surface area contributed by atoms with Gasteiger partial charge >= 0.3 is 0 Å². The maximum absolute atomic E-state index is 5.65. The van der Waals surface area contributed by atoms with E-state index in [2.05, 4.69) is 15.2 Å². The van der Waals surface area contributed by atoms with Crippen LogP contribution in [0.4, 0.5) is 0 Å². The zero-order chi connectivity index (χ0) is 9.97.